The minimum atomic E-state index is -3.81. The zero-order chi connectivity index (χ0) is 22.3. The summed E-state index contributed by atoms with van der Waals surface area (Å²) in [5, 5.41) is 0.454. The molecule has 0 saturated carbocycles. The molecule has 0 N–H and O–H groups in total. The molecule has 0 aliphatic heterocycles. The Hall–Kier alpha value is -2.67. The van der Waals surface area contributed by atoms with Crippen LogP contribution >= 0.6 is 11.6 Å². The summed E-state index contributed by atoms with van der Waals surface area (Å²) in [6.45, 7) is 2.46. The van der Waals surface area contributed by atoms with Crippen molar-refractivity contribution >= 4 is 27.5 Å². The van der Waals surface area contributed by atoms with Gasteiger partial charge in [0.1, 0.15) is 0 Å². The predicted molar refractivity (Wildman–Crippen MR) is 123 cm³/mol. The first-order valence-corrected chi connectivity index (χ1v) is 11.8. The first kappa shape index (κ1) is 23.0. The molecular formula is C24H25ClN2O3S. The van der Waals surface area contributed by atoms with Crippen molar-refractivity contribution in [2.75, 3.05) is 13.1 Å². The highest BCUT2D eigenvalue weighted by Crippen LogP contribution is 2.19. The van der Waals surface area contributed by atoms with Gasteiger partial charge in [0.05, 0.1) is 11.4 Å². The molecule has 0 aromatic heterocycles. The van der Waals surface area contributed by atoms with Gasteiger partial charge >= 0.3 is 0 Å². The summed E-state index contributed by atoms with van der Waals surface area (Å²) in [6, 6.07) is 25.3. The molecular weight excluding hydrogens is 432 g/mol. The van der Waals surface area contributed by atoms with E-state index in [0.29, 0.717) is 18.1 Å². The fourth-order valence-electron chi connectivity index (χ4n) is 3.21. The van der Waals surface area contributed by atoms with E-state index in [0.717, 1.165) is 11.1 Å². The summed E-state index contributed by atoms with van der Waals surface area (Å²) in [5.41, 5.74) is 1.96. The number of halogens is 1. The van der Waals surface area contributed by atoms with Crippen LogP contribution in [0.4, 0.5) is 0 Å². The number of hydrogen-bond acceptors (Lipinski definition) is 3. The predicted octanol–water partition coefficient (Wildman–Crippen LogP) is 4.58. The van der Waals surface area contributed by atoms with E-state index in [1.54, 1.807) is 11.8 Å². The van der Waals surface area contributed by atoms with Gasteiger partial charge in [-0.05, 0) is 35.4 Å². The molecule has 0 aliphatic carbocycles. The van der Waals surface area contributed by atoms with E-state index >= 15 is 0 Å². The van der Waals surface area contributed by atoms with Gasteiger partial charge in [0.2, 0.25) is 15.9 Å². The molecule has 1 amide bonds. The van der Waals surface area contributed by atoms with Gasteiger partial charge in [-0.2, -0.15) is 4.31 Å². The monoisotopic (exact) mass is 456 g/mol. The van der Waals surface area contributed by atoms with Gasteiger partial charge in [-0.25, -0.2) is 8.42 Å². The standard InChI is InChI=1S/C24H25ClN2O3S/c1-2-27(31(29,30)23-15-13-22(25)14-16-23)19-24(28)26(17-20-9-5-3-6-10-20)18-21-11-7-4-8-12-21/h3-16H,2,17-19H2,1H3. The van der Waals surface area contributed by atoms with Crippen molar-refractivity contribution < 1.29 is 13.2 Å². The van der Waals surface area contributed by atoms with Crippen molar-refractivity contribution in [2.24, 2.45) is 0 Å². The molecule has 162 valence electrons. The third-order valence-corrected chi connectivity index (χ3v) is 7.09. The zero-order valence-electron chi connectivity index (χ0n) is 17.3. The third-order valence-electron chi connectivity index (χ3n) is 4.90. The number of carbonyl (C=O) groups is 1. The second kappa shape index (κ2) is 10.6. The number of rotatable bonds is 9. The first-order valence-electron chi connectivity index (χ1n) is 10.0. The van der Waals surface area contributed by atoms with Gasteiger partial charge in [0.15, 0.2) is 0 Å². The average molecular weight is 457 g/mol. The molecule has 31 heavy (non-hydrogen) atoms. The van der Waals surface area contributed by atoms with Crippen molar-refractivity contribution in [2.45, 2.75) is 24.9 Å². The second-order valence-corrected chi connectivity index (χ2v) is 9.48. The molecule has 3 rings (SSSR count). The van der Waals surface area contributed by atoms with Crippen LogP contribution in [0.5, 0.6) is 0 Å². The third kappa shape index (κ3) is 6.17. The van der Waals surface area contributed by atoms with Crippen LogP contribution in [0, 0.1) is 0 Å². The maximum absolute atomic E-state index is 13.3. The number of carbonyl (C=O) groups excluding carboxylic acids is 1. The normalized spacial score (nSPS) is 11.5. The van der Waals surface area contributed by atoms with E-state index in [2.05, 4.69) is 0 Å². The number of benzene rings is 3. The number of hydrogen-bond donors (Lipinski definition) is 0. The lowest BCUT2D eigenvalue weighted by Crippen LogP contribution is -2.42. The number of nitrogens with zero attached hydrogens (tertiary/aromatic N) is 2. The smallest absolute Gasteiger partial charge is 0.243 e. The van der Waals surface area contributed by atoms with Crippen LogP contribution in [-0.2, 0) is 27.9 Å². The van der Waals surface area contributed by atoms with Gasteiger partial charge in [0.25, 0.3) is 0 Å². The number of sulfonamides is 1. The van der Waals surface area contributed by atoms with E-state index in [9.17, 15) is 13.2 Å². The van der Waals surface area contributed by atoms with Gasteiger partial charge in [-0.15, -0.1) is 0 Å². The summed E-state index contributed by atoms with van der Waals surface area (Å²) < 4.78 is 27.3. The van der Waals surface area contributed by atoms with Crippen LogP contribution in [0.1, 0.15) is 18.1 Å². The largest absolute Gasteiger partial charge is 0.333 e. The lowest BCUT2D eigenvalue weighted by Gasteiger charge is -2.27. The van der Waals surface area contributed by atoms with E-state index in [1.165, 1.54) is 28.6 Å². The zero-order valence-corrected chi connectivity index (χ0v) is 18.9. The van der Waals surface area contributed by atoms with Crippen molar-refractivity contribution in [1.29, 1.82) is 0 Å². The van der Waals surface area contributed by atoms with Gasteiger partial charge in [0, 0.05) is 24.7 Å². The first-order chi connectivity index (χ1) is 14.9. The molecule has 0 heterocycles. The highest BCUT2D eigenvalue weighted by Gasteiger charge is 2.27. The molecule has 5 nitrogen and oxygen atoms in total. The van der Waals surface area contributed by atoms with Crippen LogP contribution < -0.4 is 0 Å². The van der Waals surface area contributed by atoms with Gasteiger partial charge in [-0.1, -0.05) is 79.2 Å². The Balaban J connectivity index is 1.82. The molecule has 0 spiro atoms. The van der Waals surface area contributed by atoms with Crippen LogP contribution in [0.25, 0.3) is 0 Å². The van der Waals surface area contributed by atoms with Crippen LogP contribution in [0.3, 0.4) is 0 Å². The molecule has 3 aromatic carbocycles. The molecule has 0 unspecified atom stereocenters. The van der Waals surface area contributed by atoms with E-state index in [-0.39, 0.29) is 23.9 Å². The second-order valence-electron chi connectivity index (χ2n) is 7.11. The van der Waals surface area contributed by atoms with E-state index in [1.807, 2.05) is 60.7 Å². The van der Waals surface area contributed by atoms with Crippen molar-refractivity contribution in [3.8, 4) is 0 Å². The van der Waals surface area contributed by atoms with E-state index < -0.39 is 10.0 Å². The molecule has 7 heteroatoms. The summed E-state index contributed by atoms with van der Waals surface area (Å²) in [5.74, 6) is -0.257. The van der Waals surface area contributed by atoms with Gasteiger partial charge in [-0.3, -0.25) is 4.79 Å². The van der Waals surface area contributed by atoms with Crippen molar-refractivity contribution in [3.63, 3.8) is 0 Å². The minimum absolute atomic E-state index is 0.115. The van der Waals surface area contributed by atoms with Crippen LogP contribution in [-0.4, -0.2) is 36.6 Å². The maximum Gasteiger partial charge on any atom is 0.243 e. The fraction of sp³-hybridized carbons (Fsp3) is 0.208. The van der Waals surface area contributed by atoms with Crippen molar-refractivity contribution in [3.05, 3.63) is 101 Å². The minimum Gasteiger partial charge on any atom is -0.333 e. The lowest BCUT2D eigenvalue weighted by atomic mass is 10.1. The molecule has 0 radical (unpaired) electrons. The maximum atomic E-state index is 13.3. The molecule has 3 aromatic rings. The van der Waals surface area contributed by atoms with Crippen LogP contribution in [0.2, 0.25) is 5.02 Å². The Labute approximate surface area is 188 Å². The molecule has 0 saturated heterocycles. The molecule has 0 atom stereocenters. The van der Waals surface area contributed by atoms with Gasteiger partial charge < -0.3 is 4.90 Å². The molecule has 0 fully saturated rings. The lowest BCUT2D eigenvalue weighted by molar-refractivity contribution is -0.132. The Bertz CT molecular complexity index is 1050. The summed E-state index contributed by atoms with van der Waals surface area (Å²) in [7, 11) is -3.81. The summed E-state index contributed by atoms with van der Waals surface area (Å²) >= 11 is 5.89. The fourth-order valence-corrected chi connectivity index (χ4v) is 4.74. The Kier molecular flexibility index (Phi) is 7.85. The Morgan fingerprint density at radius 2 is 1.29 bits per heavy atom. The Morgan fingerprint density at radius 1 is 0.806 bits per heavy atom. The Morgan fingerprint density at radius 3 is 1.74 bits per heavy atom. The topological polar surface area (TPSA) is 57.7 Å². The highest BCUT2D eigenvalue weighted by molar-refractivity contribution is 7.89. The summed E-state index contributed by atoms with van der Waals surface area (Å²) in [6.07, 6.45) is 0. The number of amides is 1. The quantitative estimate of drug-likeness (QED) is 0.473. The van der Waals surface area contributed by atoms with Crippen molar-refractivity contribution in [1.82, 2.24) is 9.21 Å². The van der Waals surface area contributed by atoms with Crippen LogP contribution in [0.15, 0.2) is 89.8 Å². The number of likely N-dealkylation sites (N-methyl/N-ethyl adjacent to an activating group) is 1. The SMILES string of the molecule is CCN(CC(=O)N(Cc1ccccc1)Cc1ccccc1)S(=O)(=O)c1ccc(Cl)cc1. The highest BCUT2D eigenvalue weighted by atomic mass is 35.5. The molecule has 0 bridgehead atoms. The summed E-state index contributed by atoms with van der Waals surface area (Å²) in [4.78, 5) is 15.1. The molecule has 0 aliphatic rings. The van der Waals surface area contributed by atoms with E-state index in [4.69, 9.17) is 11.6 Å². The average Bonchev–Trinajstić information content (AvgIpc) is 2.78.